The molecule has 0 bridgehead atoms. The maximum absolute atomic E-state index is 5.68. The third-order valence-corrected chi connectivity index (χ3v) is 4.63. The summed E-state index contributed by atoms with van der Waals surface area (Å²) in [6.07, 6.45) is 1.80. The highest BCUT2D eigenvalue weighted by atomic mass is 79.9. The number of rotatable bonds is 4. The van der Waals surface area contributed by atoms with Crippen molar-refractivity contribution in [2.45, 2.75) is 19.5 Å². The maximum Gasteiger partial charge on any atom is 0.0898 e. The third-order valence-electron chi connectivity index (χ3n) is 2.49. The normalized spacial score (nSPS) is 12.9. The number of aromatic nitrogens is 2. The van der Waals surface area contributed by atoms with E-state index in [1.165, 1.54) is 0 Å². The molecule has 17 heavy (non-hydrogen) atoms. The minimum absolute atomic E-state index is 0.0608. The Kier molecular flexibility index (Phi) is 4.37. The predicted molar refractivity (Wildman–Crippen MR) is 76.8 cm³/mol. The molecular weight excluding hydrogens is 368 g/mol. The van der Waals surface area contributed by atoms with Crippen LogP contribution in [0.4, 0.5) is 0 Å². The van der Waals surface area contributed by atoms with E-state index in [1.807, 2.05) is 4.68 Å². The first kappa shape index (κ1) is 13.2. The zero-order valence-corrected chi connectivity index (χ0v) is 13.1. The second-order valence-electron chi connectivity index (χ2n) is 3.48. The highest BCUT2D eigenvalue weighted by molar-refractivity contribution is 9.11. The molecule has 3 N–H and O–H groups in total. The van der Waals surface area contributed by atoms with E-state index in [-0.39, 0.29) is 6.04 Å². The lowest BCUT2D eigenvalue weighted by atomic mass is 10.1. The molecule has 2 aromatic heterocycles. The minimum Gasteiger partial charge on any atom is -0.271 e. The number of hydrazine groups is 1. The van der Waals surface area contributed by atoms with Crippen molar-refractivity contribution >= 4 is 43.2 Å². The molecular formula is C10H12Br2N4S. The van der Waals surface area contributed by atoms with Crippen molar-refractivity contribution in [3.63, 3.8) is 0 Å². The maximum atomic E-state index is 5.68. The van der Waals surface area contributed by atoms with Crippen molar-refractivity contribution in [1.29, 1.82) is 0 Å². The van der Waals surface area contributed by atoms with Crippen LogP contribution in [0.1, 0.15) is 24.2 Å². The zero-order chi connectivity index (χ0) is 12.4. The Morgan fingerprint density at radius 1 is 1.59 bits per heavy atom. The summed E-state index contributed by atoms with van der Waals surface area (Å²) >= 11 is 8.62. The quantitative estimate of drug-likeness (QED) is 0.634. The third kappa shape index (κ3) is 2.63. The minimum atomic E-state index is -0.0608. The fourth-order valence-corrected chi connectivity index (χ4v) is 3.45. The van der Waals surface area contributed by atoms with Gasteiger partial charge in [-0.2, -0.15) is 5.10 Å². The van der Waals surface area contributed by atoms with Crippen LogP contribution in [0.15, 0.2) is 25.9 Å². The number of nitrogens with zero attached hydrogens (tertiary/aromatic N) is 2. The summed E-state index contributed by atoms with van der Waals surface area (Å²) in [5.41, 5.74) is 5.01. The van der Waals surface area contributed by atoms with E-state index >= 15 is 0 Å². The average Bonchev–Trinajstić information content (AvgIpc) is 2.89. The van der Waals surface area contributed by atoms with E-state index in [0.29, 0.717) is 0 Å². The summed E-state index contributed by atoms with van der Waals surface area (Å²) in [5.74, 6) is 5.68. The molecule has 1 atom stereocenters. The molecule has 0 aliphatic rings. The Balaban J connectivity index is 2.44. The van der Waals surface area contributed by atoms with Crippen LogP contribution >= 0.6 is 43.2 Å². The van der Waals surface area contributed by atoms with Gasteiger partial charge in [-0.05, 0) is 55.8 Å². The number of hydrogen-bond donors (Lipinski definition) is 2. The fourth-order valence-electron chi connectivity index (χ4n) is 1.72. The first-order chi connectivity index (χ1) is 8.17. The standard InChI is InChI=1S/C10H12Br2N4S/c1-2-16-10(7(11)4-14-16)9(15-13)6-3-8(12)17-5-6/h3-5,9,15H,2,13H2,1H3. The van der Waals surface area contributed by atoms with Crippen molar-refractivity contribution in [3.05, 3.63) is 37.2 Å². The number of hydrogen-bond acceptors (Lipinski definition) is 4. The van der Waals surface area contributed by atoms with Gasteiger partial charge in [-0.25, -0.2) is 5.43 Å². The molecule has 0 aliphatic carbocycles. The molecule has 0 saturated heterocycles. The van der Waals surface area contributed by atoms with Gasteiger partial charge in [0.2, 0.25) is 0 Å². The van der Waals surface area contributed by atoms with E-state index in [1.54, 1.807) is 17.5 Å². The molecule has 0 fully saturated rings. The van der Waals surface area contributed by atoms with Crippen molar-refractivity contribution in [3.8, 4) is 0 Å². The van der Waals surface area contributed by atoms with Crippen molar-refractivity contribution in [2.24, 2.45) is 5.84 Å². The molecule has 0 amide bonds. The summed E-state index contributed by atoms with van der Waals surface area (Å²) in [7, 11) is 0. The molecule has 2 rings (SSSR count). The van der Waals surface area contributed by atoms with Gasteiger partial charge in [-0.15, -0.1) is 11.3 Å². The lowest BCUT2D eigenvalue weighted by molar-refractivity contribution is 0.542. The average molecular weight is 380 g/mol. The Labute approximate surface area is 120 Å². The SMILES string of the molecule is CCn1ncc(Br)c1C(NN)c1csc(Br)c1. The van der Waals surface area contributed by atoms with Crippen LogP contribution in [-0.2, 0) is 6.54 Å². The molecule has 0 radical (unpaired) electrons. The number of nitrogens with one attached hydrogen (secondary N) is 1. The van der Waals surface area contributed by atoms with Gasteiger partial charge in [0.05, 0.1) is 26.2 Å². The number of nitrogens with two attached hydrogens (primary N) is 1. The largest absolute Gasteiger partial charge is 0.271 e. The van der Waals surface area contributed by atoms with E-state index in [4.69, 9.17) is 5.84 Å². The van der Waals surface area contributed by atoms with Crippen LogP contribution in [0, 0.1) is 0 Å². The van der Waals surface area contributed by atoms with E-state index in [2.05, 4.69) is 60.8 Å². The van der Waals surface area contributed by atoms with Crippen LogP contribution in [0.25, 0.3) is 0 Å². The van der Waals surface area contributed by atoms with E-state index in [0.717, 1.165) is 26.1 Å². The Hall–Kier alpha value is -0.210. The van der Waals surface area contributed by atoms with Gasteiger partial charge in [-0.3, -0.25) is 10.5 Å². The van der Waals surface area contributed by atoms with Gasteiger partial charge in [0.1, 0.15) is 0 Å². The van der Waals surface area contributed by atoms with E-state index < -0.39 is 0 Å². The fraction of sp³-hybridized carbons (Fsp3) is 0.300. The highest BCUT2D eigenvalue weighted by Crippen LogP contribution is 2.32. The van der Waals surface area contributed by atoms with Crippen LogP contribution in [0.2, 0.25) is 0 Å². The van der Waals surface area contributed by atoms with Gasteiger partial charge >= 0.3 is 0 Å². The first-order valence-corrected chi connectivity index (χ1v) is 7.55. The molecule has 4 nitrogen and oxygen atoms in total. The lowest BCUT2D eigenvalue weighted by Gasteiger charge is -2.16. The van der Waals surface area contributed by atoms with Gasteiger partial charge < -0.3 is 0 Å². The summed E-state index contributed by atoms with van der Waals surface area (Å²) in [6, 6.07) is 2.00. The second-order valence-corrected chi connectivity index (χ2v) is 6.62. The topological polar surface area (TPSA) is 55.9 Å². The van der Waals surface area contributed by atoms with Crippen LogP contribution in [0.3, 0.4) is 0 Å². The molecule has 2 aromatic rings. The molecule has 92 valence electrons. The first-order valence-electron chi connectivity index (χ1n) is 5.08. The molecule has 0 aromatic carbocycles. The van der Waals surface area contributed by atoms with Crippen LogP contribution in [-0.4, -0.2) is 9.78 Å². The molecule has 0 saturated carbocycles. The summed E-state index contributed by atoms with van der Waals surface area (Å²) in [6.45, 7) is 2.87. The Bertz CT molecular complexity index is 508. The van der Waals surface area contributed by atoms with Crippen LogP contribution in [0.5, 0.6) is 0 Å². The number of thiophene rings is 1. The van der Waals surface area contributed by atoms with E-state index in [9.17, 15) is 0 Å². The van der Waals surface area contributed by atoms with Gasteiger partial charge in [-0.1, -0.05) is 0 Å². The van der Waals surface area contributed by atoms with Crippen molar-refractivity contribution in [1.82, 2.24) is 15.2 Å². The monoisotopic (exact) mass is 378 g/mol. The second kappa shape index (κ2) is 5.62. The number of aryl methyl sites for hydroxylation is 1. The van der Waals surface area contributed by atoms with Crippen molar-refractivity contribution in [2.75, 3.05) is 0 Å². The highest BCUT2D eigenvalue weighted by Gasteiger charge is 2.21. The molecule has 0 aliphatic heterocycles. The molecule has 0 spiro atoms. The smallest absolute Gasteiger partial charge is 0.0898 e. The van der Waals surface area contributed by atoms with Gasteiger partial charge in [0.25, 0.3) is 0 Å². The van der Waals surface area contributed by atoms with Gasteiger partial charge in [0.15, 0.2) is 0 Å². The van der Waals surface area contributed by atoms with Crippen molar-refractivity contribution < 1.29 is 0 Å². The Morgan fingerprint density at radius 3 is 2.88 bits per heavy atom. The zero-order valence-electron chi connectivity index (χ0n) is 9.15. The summed E-state index contributed by atoms with van der Waals surface area (Å²) < 4.78 is 3.98. The molecule has 2 heterocycles. The summed E-state index contributed by atoms with van der Waals surface area (Å²) in [5, 5.41) is 6.38. The predicted octanol–water partition coefficient (Wildman–Crippen LogP) is 3.04. The lowest BCUT2D eigenvalue weighted by Crippen LogP contribution is -2.30. The van der Waals surface area contributed by atoms with Gasteiger partial charge in [0, 0.05) is 6.54 Å². The summed E-state index contributed by atoms with van der Waals surface area (Å²) in [4.78, 5) is 0. The Morgan fingerprint density at radius 2 is 2.35 bits per heavy atom. The number of halogens is 2. The molecule has 7 heteroatoms. The van der Waals surface area contributed by atoms with Crippen LogP contribution < -0.4 is 11.3 Å². The molecule has 1 unspecified atom stereocenters.